The van der Waals surface area contributed by atoms with Gasteiger partial charge < -0.3 is 4.74 Å². The molecule has 0 bridgehead atoms. The second-order valence-corrected chi connectivity index (χ2v) is 7.31. The minimum Gasteiger partial charge on any atom is -0.469 e. The minimum atomic E-state index is -0.420. The molecule has 2 aliphatic carbocycles. The summed E-state index contributed by atoms with van der Waals surface area (Å²) in [5, 5.41) is 0. The van der Waals surface area contributed by atoms with Crippen LogP contribution in [0, 0.1) is 11.3 Å². The van der Waals surface area contributed by atoms with Crippen molar-refractivity contribution in [3.05, 3.63) is 34.9 Å². The SMILES string of the molecule is COC(=O)[C@@]1(C)CCC[C@]2(C)c3cc(C=O)ccc3CC[C@@H]12. The predicted molar refractivity (Wildman–Crippen MR) is 85.0 cm³/mol. The highest BCUT2D eigenvalue weighted by Crippen LogP contribution is 2.57. The fourth-order valence-electron chi connectivity index (χ4n) is 5.03. The lowest BCUT2D eigenvalue weighted by atomic mass is 9.50. The number of carbonyl (C=O) groups excluding carboxylic acids is 2. The zero-order chi connectivity index (χ0) is 16.0. The summed E-state index contributed by atoms with van der Waals surface area (Å²) >= 11 is 0. The van der Waals surface area contributed by atoms with E-state index in [1.165, 1.54) is 18.2 Å². The summed E-state index contributed by atoms with van der Waals surface area (Å²) in [4.78, 5) is 23.6. The molecule has 3 rings (SSSR count). The largest absolute Gasteiger partial charge is 0.469 e. The zero-order valence-electron chi connectivity index (χ0n) is 13.6. The van der Waals surface area contributed by atoms with Gasteiger partial charge >= 0.3 is 5.97 Å². The zero-order valence-corrected chi connectivity index (χ0v) is 13.6. The van der Waals surface area contributed by atoms with Gasteiger partial charge in [0, 0.05) is 5.56 Å². The monoisotopic (exact) mass is 300 g/mol. The van der Waals surface area contributed by atoms with Crippen molar-refractivity contribution in [1.82, 2.24) is 0 Å². The molecule has 3 atom stereocenters. The third kappa shape index (κ3) is 2.02. The van der Waals surface area contributed by atoms with Gasteiger partial charge in [-0.25, -0.2) is 0 Å². The molecule has 0 amide bonds. The molecule has 1 fully saturated rings. The highest BCUT2D eigenvalue weighted by molar-refractivity contribution is 5.78. The van der Waals surface area contributed by atoms with Crippen molar-refractivity contribution in [2.24, 2.45) is 11.3 Å². The normalized spacial score (nSPS) is 33.5. The standard InChI is InChI=1S/C19H24O3/c1-18-9-4-10-19(2,17(21)22-3)16(18)8-7-14-6-5-13(12-20)11-15(14)18/h5-6,11-12,16H,4,7-10H2,1-3H3/t16-,18-,19+/m1/s1. The van der Waals surface area contributed by atoms with Gasteiger partial charge in [-0.3, -0.25) is 9.59 Å². The van der Waals surface area contributed by atoms with Crippen LogP contribution in [0.2, 0.25) is 0 Å². The summed E-state index contributed by atoms with van der Waals surface area (Å²) < 4.78 is 5.12. The third-order valence-corrected chi connectivity index (χ3v) is 6.17. The Balaban J connectivity index is 2.11. The molecule has 118 valence electrons. The summed E-state index contributed by atoms with van der Waals surface area (Å²) in [5.41, 5.74) is 2.86. The van der Waals surface area contributed by atoms with Crippen molar-refractivity contribution in [3.8, 4) is 0 Å². The van der Waals surface area contributed by atoms with Gasteiger partial charge in [0.1, 0.15) is 6.29 Å². The molecule has 0 N–H and O–H groups in total. The molecule has 0 spiro atoms. The van der Waals surface area contributed by atoms with Crippen LogP contribution < -0.4 is 0 Å². The lowest BCUT2D eigenvalue weighted by Gasteiger charge is -2.54. The molecule has 3 nitrogen and oxygen atoms in total. The molecule has 0 aromatic heterocycles. The van der Waals surface area contributed by atoms with Crippen molar-refractivity contribution in [2.75, 3.05) is 7.11 Å². The Morgan fingerprint density at radius 1 is 1.32 bits per heavy atom. The number of rotatable bonds is 2. The van der Waals surface area contributed by atoms with Gasteiger partial charge in [0.2, 0.25) is 0 Å². The number of methoxy groups -OCH3 is 1. The van der Waals surface area contributed by atoms with Crippen molar-refractivity contribution < 1.29 is 14.3 Å². The number of hydrogen-bond acceptors (Lipinski definition) is 3. The Kier molecular flexibility index (Phi) is 3.62. The Morgan fingerprint density at radius 3 is 2.77 bits per heavy atom. The molecule has 0 heterocycles. The van der Waals surface area contributed by atoms with Crippen LogP contribution >= 0.6 is 0 Å². The molecular weight excluding hydrogens is 276 g/mol. The molecule has 3 heteroatoms. The maximum atomic E-state index is 12.4. The summed E-state index contributed by atoms with van der Waals surface area (Å²) in [7, 11) is 1.49. The Labute approximate surface area is 132 Å². The molecule has 22 heavy (non-hydrogen) atoms. The van der Waals surface area contributed by atoms with Gasteiger partial charge in [-0.2, -0.15) is 0 Å². The van der Waals surface area contributed by atoms with E-state index >= 15 is 0 Å². The summed E-state index contributed by atoms with van der Waals surface area (Å²) in [6.07, 6.45) is 5.87. The van der Waals surface area contributed by atoms with E-state index in [0.717, 1.165) is 44.0 Å². The van der Waals surface area contributed by atoms with Crippen molar-refractivity contribution in [3.63, 3.8) is 0 Å². The van der Waals surface area contributed by atoms with E-state index in [9.17, 15) is 9.59 Å². The number of aldehydes is 1. The van der Waals surface area contributed by atoms with Crippen LogP contribution in [0.1, 0.15) is 61.0 Å². The average Bonchev–Trinajstić information content (AvgIpc) is 2.53. The first-order chi connectivity index (χ1) is 10.5. The lowest BCUT2D eigenvalue weighted by Crippen LogP contribution is -2.52. The van der Waals surface area contributed by atoms with Crippen LogP contribution in [0.15, 0.2) is 18.2 Å². The molecule has 1 saturated carbocycles. The molecule has 0 aliphatic heterocycles. The molecular formula is C19H24O3. The number of ether oxygens (including phenoxy) is 1. The van der Waals surface area contributed by atoms with E-state index in [4.69, 9.17) is 4.74 Å². The molecule has 1 aromatic rings. The van der Waals surface area contributed by atoms with Gasteiger partial charge in [0.05, 0.1) is 12.5 Å². The maximum absolute atomic E-state index is 12.4. The third-order valence-electron chi connectivity index (χ3n) is 6.17. The highest BCUT2D eigenvalue weighted by Gasteiger charge is 2.55. The van der Waals surface area contributed by atoms with Crippen LogP contribution in [0.5, 0.6) is 0 Å². The number of carbonyl (C=O) groups is 2. The molecule has 0 unspecified atom stereocenters. The highest BCUT2D eigenvalue weighted by atomic mass is 16.5. The summed E-state index contributed by atoms with van der Waals surface area (Å²) in [5.74, 6) is 0.189. The fourth-order valence-corrected chi connectivity index (χ4v) is 5.03. The van der Waals surface area contributed by atoms with E-state index in [0.29, 0.717) is 0 Å². The van der Waals surface area contributed by atoms with Gasteiger partial charge in [-0.05, 0) is 61.1 Å². The van der Waals surface area contributed by atoms with Crippen molar-refractivity contribution in [1.29, 1.82) is 0 Å². The number of benzene rings is 1. The molecule has 1 aromatic carbocycles. The maximum Gasteiger partial charge on any atom is 0.311 e. The smallest absolute Gasteiger partial charge is 0.311 e. The first-order valence-corrected chi connectivity index (χ1v) is 8.13. The lowest BCUT2D eigenvalue weighted by molar-refractivity contribution is -0.161. The number of fused-ring (bicyclic) bond motifs is 3. The molecule has 0 radical (unpaired) electrons. The quantitative estimate of drug-likeness (QED) is 0.618. The Hall–Kier alpha value is -1.64. The van der Waals surface area contributed by atoms with E-state index in [1.54, 1.807) is 0 Å². The number of aryl methyl sites for hydroxylation is 1. The van der Waals surface area contributed by atoms with E-state index in [2.05, 4.69) is 19.9 Å². The molecule has 0 saturated heterocycles. The summed E-state index contributed by atoms with van der Waals surface area (Å²) in [6, 6.07) is 6.03. The fraction of sp³-hybridized carbons (Fsp3) is 0.579. The van der Waals surface area contributed by atoms with Crippen molar-refractivity contribution >= 4 is 12.3 Å². The van der Waals surface area contributed by atoms with Crippen LogP contribution in [0.3, 0.4) is 0 Å². The molecule has 2 aliphatic rings. The van der Waals surface area contributed by atoms with E-state index < -0.39 is 5.41 Å². The van der Waals surface area contributed by atoms with Crippen LogP contribution in [-0.4, -0.2) is 19.4 Å². The number of hydrogen-bond donors (Lipinski definition) is 0. The van der Waals surface area contributed by atoms with Crippen LogP contribution in [-0.2, 0) is 21.4 Å². The van der Waals surface area contributed by atoms with Crippen LogP contribution in [0.25, 0.3) is 0 Å². The second-order valence-electron chi connectivity index (χ2n) is 7.31. The second kappa shape index (κ2) is 5.22. The first-order valence-electron chi connectivity index (χ1n) is 8.13. The first kappa shape index (κ1) is 15.3. The predicted octanol–water partition coefficient (Wildman–Crippen LogP) is 3.68. The van der Waals surface area contributed by atoms with E-state index in [1.807, 2.05) is 12.1 Å². The van der Waals surface area contributed by atoms with E-state index in [-0.39, 0.29) is 17.3 Å². The summed E-state index contributed by atoms with van der Waals surface area (Å²) in [6.45, 7) is 4.33. The Bertz CT molecular complexity index is 621. The van der Waals surface area contributed by atoms with Gasteiger partial charge in [0.25, 0.3) is 0 Å². The van der Waals surface area contributed by atoms with Crippen LogP contribution in [0.4, 0.5) is 0 Å². The Morgan fingerprint density at radius 2 is 2.09 bits per heavy atom. The van der Waals surface area contributed by atoms with Gasteiger partial charge in [-0.1, -0.05) is 25.5 Å². The minimum absolute atomic E-state index is 0.0478. The van der Waals surface area contributed by atoms with Crippen molar-refractivity contribution in [2.45, 2.75) is 51.4 Å². The average molecular weight is 300 g/mol. The number of esters is 1. The van der Waals surface area contributed by atoms with Gasteiger partial charge in [-0.15, -0.1) is 0 Å². The van der Waals surface area contributed by atoms with Gasteiger partial charge in [0.15, 0.2) is 0 Å². The topological polar surface area (TPSA) is 43.4 Å².